The highest BCUT2D eigenvalue weighted by molar-refractivity contribution is 7.89. The van der Waals surface area contributed by atoms with Gasteiger partial charge >= 0.3 is 0 Å². The van der Waals surface area contributed by atoms with Crippen molar-refractivity contribution in [3.05, 3.63) is 64.9 Å². The predicted octanol–water partition coefficient (Wildman–Crippen LogP) is 3.69. The molecule has 0 aliphatic heterocycles. The van der Waals surface area contributed by atoms with Crippen LogP contribution in [0.3, 0.4) is 0 Å². The molecule has 2 aromatic carbocycles. The van der Waals surface area contributed by atoms with Crippen LogP contribution in [-0.2, 0) is 16.6 Å². The number of halogens is 2. The minimum atomic E-state index is -3.88. The summed E-state index contributed by atoms with van der Waals surface area (Å²) < 4.78 is 40.0. The molecule has 0 atom stereocenters. The lowest BCUT2D eigenvalue weighted by Gasteiger charge is -2.21. The molecule has 0 amide bonds. The topological polar surface area (TPSA) is 37.4 Å². The van der Waals surface area contributed by atoms with Gasteiger partial charge in [0.15, 0.2) is 0 Å². The van der Waals surface area contributed by atoms with Crippen LogP contribution in [0.15, 0.2) is 53.4 Å². The second-order valence-electron chi connectivity index (χ2n) is 4.49. The molecule has 0 radical (unpaired) electrons. The average Bonchev–Trinajstić information content (AvgIpc) is 2.45. The van der Waals surface area contributed by atoms with Crippen molar-refractivity contribution in [3.63, 3.8) is 0 Å². The molecule has 0 aliphatic carbocycles. The third kappa shape index (κ3) is 3.61. The number of hydrogen-bond donors (Lipinski definition) is 0. The first-order valence-electron chi connectivity index (χ1n) is 6.44. The molecule has 0 bridgehead atoms. The Bertz CT molecular complexity index is 734. The summed E-state index contributed by atoms with van der Waals surface area (Å²) in [5, 5.41) is 0.534. The first kappa shape index (κ1) is 15.9. The van der Waals surface area contributed by atoms with Crippen molar-refractivity contribution < 1.29 is 12.8 Å². The summed E-state index contributed by atoms with van der Waals surface area (Å²) in [6.07, 6.45) is 0. The highest BCUT2D eigenvalue weighted by Gasteiger charge is 2.26. The molecular formula is C15H15ClFNO2S. The summed E-state index contributed by atoms with van der Waals surface area (Å²) in [5.41, 5.74) is 0.754. The minimum absolute atomic E-state index is 0.147. The molecule has 112 valence electrons. The van der Waals surface area contributed by atoms with E-state index in [-0.39, 0.29) is 18.0 Å². The van der Waals surface area contributed by atoms with E-state index in [1.165, 1.54) is 22.5 Å². The normalized spacial score (nSPS) is 11.8. The third-order valence-electron chi connectivity index (χ3n) is 3.06. The quantitative estimate of drug-likeness (QED) is 0.840. The number of hydrogen-bond acceptors (Lipinski definition) is 2. The zero-order valence-corrected chi connectivity index (χ0v) is 13.0. The van der Waals surface area contributed by atoms with Gasteiger partial charge in [-0.1, -0.05) is 42.8 Å². The van der Waals surface area contributed by atoms with E-state index in [0.717, 1.165) is 11.6 Å². The van der Waals surface area contributed by atoms with Crippen LogP contribution in [0, 0.1) is 5.82 Å². The molecule has 0 unspecified atom stereocenters. The molecule has 0 N–H and O–H groups in total. The summed E-state index contributed by atoms with van der Waals surface area (Å²) >= 11 is 5.90. The Morgan fingerprint density at radius 3 is 2.48 bits per heavy atom. The monoisotopic (exact) mass is 327 g/mol. The Morgan fingerprint density at radius 2 is 1.86 bits per heavy atom. The van der Waals surface area contributed by atoms with Crippen LogP contribution in [0.5, 0.6) is 0 Å². The zero-order chi connectivity index (χ0) is 15.5. The molecule has 0 aromatic heterocycles. The number of sulfonamides is 1. The van der Waals surface area contributed by atoms with Crippen LogP contribution >= 0.6 is 11.6 Å². The summed E-state index contributed by atoms with van der Waals surface area (Å²) in [6.45, 7) is 2.10. The van der Waals surface area contributed by atoms with Gasteiger partial charge in [0, 0.05) is 18.1 Å². The predicted molar refractivity (Wildman–Crippen MR) is 81.1 cm³/mol. The SMILES string of the molecule is CCN(Cc1cccc(Cl)c1)S(=O)(=O)c1ccccc1F. The Kier molecular flexibility index (Phi) is 4.98. The van der Waals surface area contributed by atoms with Gasteiger partial charge in [0.2, 0.25) is 10.0 Å². The van der Waals surface area contributed by atoms with Crippen molar-refractivity contribution in [1.29, 1.82) is 0 Å². The van der Waals surface area contributed by atoms with Crippen molar-refractivity contribution in [2.45, 2.75) is 18.4 Å². The molecule has 2 aromatic rings. The van der Waals surface area contributed by atoms with E-state index in [1.807, 2.05) is 0 Å². The average molecular weight is 328 g/mol. The fourth-order valence-corrected chi connectivity index (χ4v) is 3.71. The van der Waals surface area contributed by atoms with E-state index in [9.17, 15) is 12.8 Å². The Labute approximate surface area is 129 Å². The maximum Gasteiger partial charge on any atom is 0.246 e. The molecule has 6 heteroatoms. The van der Waals surface area contributed by atoms with Crippen molar-refractivity contribution in [2.24, 2.45) is 0 Å². The van der Waals surface area contributed by atoms with Gasteiger partial charge < -0.3 is 0 Å². The van der Waals surface area contributed by atoms with E-state index in [0.29, 0.717) is 5.02 Å². The lowest BCUT2D eigenvalue weighted by Crippen LogP contribution is -2.31. The number of nitrogens with zero attached hydrogens (tertiary/aromatic N) is 1. The van der Waals surface area contributed by atoms with E-state index in [4.69, 9.17) is 11.6 Å². The minimum Gasteiger partial charge on any atom is -0.207 e. The number of rotatable bonds is 5. The van der Waals surface area contributed by atoms with E-state index >= 15 is 0 Å². The molecule has 0 aliphatic rings. The molecule has 2 rings (SSSR count). The van der Waals surface area contributed by atoms with Crippen LogP contribution in [0.25, 0.3) is 0 Å². The Morgan fingerprint density at radius 1 is 1.14 bits per heavy atom. The molecule has 0 heterocycles. The van der Waals surface area contributed by atoms with Crippen molar-refractivity contribution in [2.75, 3.05) is 6.54 Å². The molecule has 0 saturated heterocycles. The largest absolute Gasteiger partial charge is 0.246 e. The highest BCUT2D eigenvalue weighted by atomic mass is 35.5. The smallest absolute Gasteiger partial charge is 0.207 e. The van der Waals surface area contributed by atoms with Crippen molar-refractivity contribution in [1.82, 2.24) is 4.31 Å². The van der Waals surface area contributed by atoms with Gasteiger partial charge in [0.05, 0.1) is 0 Å². The van der Waals surface area contributed by atoms with Gasteiger partial charge in [-0.2, -0.15) is 4.31 Å². The molecule has 0 saturated carbocycles. The molecule has 21 heavy (non-hydrogen) atoms. The first-order chi connectivity index (χ1) is 9.95. The van der Waals surface area contributed by atoms with Gasteiger partial charge in [-0.3, -0.25) is 0 Å². The van der Waals surface area contributed by atoms with Gasteiger partial charge in [-0.25, -0.2) is 12.8 Å². The summed E-state index contributed by atoms with van der Waals surface area (Å²) in [7, 11) is -3.88. The van der Waals surface area contributed by atoms with E-state index in [1.54, 1.807) is 31.2 Å². The summed E-state index contributed by atoms with van der Waals surface area (Å²) in [6, 6.07) is 12.3. The van der Waals surface area contributed by atoms with E-state index in [2.05, 4.69) is 0 Å². The fraction of sp³-hybridized carbons (Fsp3) is 0.200. The second kappa shape index (κ2) is 6.56. The molecular weight excluding hydrogens is 313 g/mol. The molecule has 0 fully saturated rings. The highest BCUT2D eigenvalue weighted by Crippen LogP contribution is 2.21. The van der Waals surface area contributed by atoms with Crippen molar-refractivity contribution >= 4 is 21.6 Å². The summed E-state index contributed by atoms with van der Waals surface area (Å²) in [5.74, 6) is -0.748. The van der Waals surface area contributed by atoms with Crippen LogP contribution in [0.2, 0.25) is 5.02 Å². The number of benzene rings is 2. The lowest BCUT2D eigenvalue weighted by molar-refractivity contribution is 0.419. The van der Waals surface area contributed by atoms with Crippen LogP contribution in [0.1, 0.15) is 12.5 Å². The van der Waals surface area contributed by atoms with Crippen LogP contribution in [-0.4, -0.2) is 19.3 Å². The first-order valence-corrected chi connectivity index (χ1v) is 8.26. The summed E-state index contributed by atoms with van der Waals surface area (Å²) in [4.78, 5) is -0.311. The Balaban J connectivity index is 2.35. The second-order valence-corrected chi connectivity index (χ2v) is 6.83. The fourth-order valence-electron chi connectivity index (χ4n) is 2.00. The lowest BCUT2D eigenvalue weighted by atomic mass is 10.2. The van der Waals surface area contributed by atoms with Crippen LogP contribution < -0.4 is 0 Å². The van der Waals surface area contributed by atoms with E-state index < -0.39 is 15.8 Å². The van der Waals surface area contributed by atoms with Gasteiger partial charge in [0.25, 0.3) is 0 Å². The Hall–Kier alpha value is -1.43. The van der Waals surface area contributed by atoms with Gasteiger partial charge in [0.1, 0.15) is 10.7 Å². The van der Waals surface area contributed by atoms with Crippen LogP contribution in [0.4, 0.5) is 4.39 Å². The maximum atomic E-state index is 13.8. The maximum absolute atomic E-state index is 13.8. The third-order valence-corrected chi connectivity index (χ3v) is 5.24. The standard InChI is InChI=1S/C15H15ClFNO2S/c1-2-18(11-12-6-5-7-13(16)10-12)21(19,20)15-9-4-3-8-14(15)17/h3-10H,2,11H2,1H3. The molecule has 3 nitrogen and oxygen atoms in total. The van der Waals surface area contributed by atoms with Gasteiger partial charge in [-0.05, 0) is 29.8 Å². The van der Waals surface area contributed by atoms with Crippen molar-refractivity contribution in [3.8, 4) is 0 Å². The van der Waals surface area contributed by atoms with Gasteiger partial charge in [-0.15, -0.1) is 0 Å². The molecule has 0 spiro atoms. The zero-order valence-electron chi connectivity index (χ0n) is 11.5.